The van der Waals surface area contributed by atoms with Crippen molar-refractivity contribution in [1.29, 1.82) is 0 Å². The van der Waals surface area contributed by atoms with Crippen LogP contribution in [0.2, 0.25) is 10.0 Å². The first-order chi connectivity index (χ1) is 20.6. The quantitative estimate of drug-likeness (QED) is 0.0669. The van der Waals surface area contributed by atoms with Crippen LogP contribution in [0.3, 0.4) is 0 Å². The van der Waals surface area contributed by atoms with E-state index in [0.717, 1.165) is 4.90 Å². The second kappa shape index (κ2) is 11.9. The van der Waals surface area contributed by atoms with Crippen molar-refractivity contribution in [2.75, 3.05) is 18.6 Å². The van der Waals surface area contributed by atoms with Crippen molar-refractivity contribution in [3.05, 3.63) is 121 Å². The summed E-state index contributed by atoms with van der Waals surface area (Å²) in [6.07, 6.45) is 0. The average Bonchev–Trinajstić information content (AvgIpc) is 3.26. The largest absolute Gasteiger partial charge is 0.496 e. The molecule has 13 heteroatoms. The van der Waals surface area contributed by atoms with Crippen molar-refractivity contribution >= 4 is 58.1 Å². The summed E-state index contributed by atoms with van der Waals surface area (Å²) in [4.78, 5) is 62.9. The second-order valence-corrected chi connectivity index (χ2v) is 9.78. The van der Waals surface area contributed by atoms with Crippen LogP contribution >= 0.6 is 23.2 Å². The zero-order valence-corrected chi connectivity index (χ0v) is 23.5. The lowest BCUT2D eigenvalue weighted by Gasteiger charge is -2.18. The first-order valence-corrected chi connectivity index (χ1v) is 13.1. The van der Waals surface area contributed by atoms with Gasteiger partial charge in [-0.3, -0.25) is 24.5 Å². The number of nitro groups is 1. The predicted molar refractivity (Wildman–Crippen MR) is 155 cm³/mol. The number of fused-ring (bicyclic) bond motifs is 1. The number of imide groups is 1. The maximum absolute atomic E-state index is 12.9. The predicted octanol–water partition coefficient (Wildman–Crippen LogP) is 6.54. The van der Waals surface area contributed by atoms with Gasteiger partial charge >= 0.3 is 11.7 Å². The Kier molecular flexibility index (Phi) is 8.11. The molecule has 0 atom stereocenters. The summed E-state index contributed by atoms with van der Waals surface area (Å²) in [5.41, 5.74) is 0.155. The fourth-order valence-electron chi connectivity index (χ4n) is 4.31. The number of ketones is 1. The fraction of sp³-hybridized carbons (Fsp3) is 0.0667. The number of para-hydroxylation sites is 1. The number of ether oxygens (including phenoxy) is 3. The lowest BCUT2D eigenvalue weighted by Crippen LogP contribution is -2.29. The molecule has 0 N–H and O–H groups in total. The molecule has 1 aliphatic rings. The summed E-state index contributed by atoms with van der Waals surface area (Å²) in [6, 6.07) is 18.5. The first kappa shape index (κ1) is 29.2. The molecule has 0 bridgehead atoms. The molecule has 0 unspecified atom stereocenters. The molecule has 43 heavy (non-hydrogen) atoms. The number of amides is 2. The van der Waals surface area contributed by atoms with Crippen LogP contribution in [-0.4, -0.2) is 42.2 Å². The molecule has 216 valence electrons. The molecule has 11 nitrogen and oxygen atoms in total. The number of carbonyl (C=O) groups excluding carboxylic acids is 4. The maximum atomic E-state index is 12.9. The number of carbonyl (C=O) groups is 4. The third kappa shape index (κ3) is 5.63. The van der Waals surface area contributed by atoms with E-state index in [1.165, 1.54) is 73.8 Å². The number of methoxy groups -OCH3 is 1. The van der Waals surface area contributed by atoms with E-state index < -0.39 is 35.1 Å². The van der Waals surface area contributed by atoms with Crippen molar-refractivity contribution in [1.82, 2.24) is 0 Å². The normalized spacial score (nSPS) is 12.1. The van der Waals surface area contributed by atoms with E-state index in [2.05, 4.69) is 0 Å². The highest BCUT2D eigenvalue weighted by Crippen LogP contribution is 2.39. The molecule has 1 aliphatic heterocycles. The smallest absolute Gasteiger partial charge is 0.342 e. The average molecular weight is 621 g/mol. The Hall–Kier alpha value is -5.26. The Labute approximate surface area is 253 Å². The molecule has 0 aromatic heterocycles. The zero-order chi connectivity index (χ0) is 30.8. The molecule has 5 rings (SSSR count). The van der Waals surface area contributed by atoms with Gasteiger partial charge in [0.1, 0.15) is 17.1 Å². The number of benzene rings is 4. The van der Waals surface area contributed by atoms with E-state index in [9.17, 15) is 29.3 Å². The summed E-state index contributed by atoms with van der Waals surface area (Å²) >= 11 is 12.4. The molecule has 1 heterocycles. The van der Waals surface area contributed by atoms with Crippen LogP contribution in [0.5, 0.6) is 17.2 Å². The summed E-state index contributed by atoms with van der Waals surface area (Å²) in [5, 5.41) is 11.2. The minimum Gasteiger partial charge on any atom is -0.496 e. The Bertz CT molecular complexity index is 1790. The molecule has 4 aromatic carbocycles. The van der Waals surface area contributed by atoms with Gasteiger partial charge in [-0.05, 0) is 48.5 Å². The van der Waals surface area contributed by atoms with E-state index in [1.807, 2.05) is 0 Å². The summed E-state index contributed by atoms with van der Waals surface area (Å²) in [5.74, 6) is -2.66. The van der Waals surface area contributed by atoms with Gasteiger partial charge in [0.25, 0.3) is 11.8 Å². The van der Waals surface area contributed by atoms with Gasteiger partial charge < -0.3 is 14.2 Å². The van der Waals surface area contributed by atoms with Gasteiger partial charge in [-0.25, -0.2) is 9.69 Å². The molecular weight excluding hydrogens is 603 g/mol. The molecule has 2 amide bonds. The lowest BCUT2D eigenvalue weighted by atomic mass is 10.1. The van der Waals surface area contributed by atoms with Crippen molar-refractivity contribution in [2.45, 2.75) is 0 Å². The summed E-state index contributed by atoms with van der Waals surface area (Å²) < 4.78 is 16.0. The number of Topliss-reactive ketones (excluding diaryl/α,β-unsaturated/α-hetero) is 1. The lowest BCUT2D eigenvalue weighted by molar-refractivity contribution is -0.385. The number of nitrogens with zero attached hydrogens (tertiary/aromatic N) is 2. The van der Waals surface area contributed by atoms with Gasteiger partial charge in [0.2, 0.25) is 5.75 Å². The molecule has 0 spiro atoms. The number of esters is 1. The van der Waals surface area contributed by atoms with E-state index in [-0.39, 0.29) is 60.9 Å². The molecule has 0 aliphatic carbocycles. The van der Waals surface area contributed by atoms with Gasteiger partial charge in [-0.1, -0.05) is 41.4 Å². The maximum Gasteiger partial charge on any atom is 0.342 e. The van der Waals surface area contributed by atoms with Gasteiger partial charge in [0.15, 0.2) is 12.4 Å². The number of rotatable bonds is 9. The summed E-state index contributed by atoms with van der Waals surface area (Å²) in [6.45, 7) is -0.643. The minimum absolute atomic E-state index is 0.0155. The number of hydrogen-bond donors (Lipinski definition) is 0. The van der Waals surface area contributed by atoms with Crippen LogP contribution in [0.15, 0.2) is 78.9 Å². The van der Waals surface area contributed by atoms with E-state index in [4.69, 9.17) is 37.4 Å². The standard InChI is InChI=1S/C30H18Cl2N2O9/c1-41-26-14-24(33-28(36)18-5-2-3-6-19(18)29(33)37)22(32)13-20(26)30(38)42-15-25(35)16-9-11-17(12-10-16)43-27-21(31)7-4-8-23(27)34(39)40/h2-14H,15H2,1H3. The Morgan fingerprint density at radius 2 is 1.53 bits per heavy atom. The topological polar surface area (TPSA) is 142 Å². The first-order valence-electron chi connectivity index (χ1n) is 12.4. The minimum atomic E-state index is -0.938. The molecule has 0 radical (unpaired) electrons. The molecule has 4 aromatic rings. The zero-order valence-electron chi connectivity index (χ0n) is 22.0. The molecular formula is C30H18Cl2N2O9. The van der Waals surface area contributed by atoms with Crippen LogP contribution in [0.1, 0.15) is 41.4 Å². The highest BCUT2D eigenvalue weighted by atomic mass is 35.5. The van der Waals surface area contributed by atoms with Crippen LogP contribution in [0.4, 0.5) is 11.4 Å². The van der Waals surface area contributed by atoms with Gasteiger partial charge in [0.05, 0.1) is 38.9 Å². The fourth-order valence-corrected chi connectivity index (χ4v) is 4.77. The van der Waals surface area contributed by atoms with Crippen molar-refractivity contribution < 1.29 is 38.3 Å². The Balaban J connectivity index is 1.28. The van der Waals surface area contributed by atoms with Gasteiger partial charge in [0, 0.05) is 17.7 Å². The van der Waals surface area contributed by atoms with Crippen LogP contribution < -0.4 is 14.4 Å². The van der Waals surface area contributed by atoms with Gasteiger partial charge in [-0.15, -0.1) is 0 Å². The number of nitro benzene ring substituents is 1. The SMILES string of the molecule is COc1cc(N2C(=O)c3ccccc3C2=O)c(Cl)cc1C(=O)OCC(=O)c1ccc(Oc2c(Cl)cccc2[N+](=O)[O-])cc1. The van der Waals surface area contributed by atoms with E-state index >= 15 is 0 Å². The Morgan fingerprint density at radius 1 is 0.884 bits per heavy atom. The highest BCUT2D eigenvalue weighted by molar-refractivity contribution is 6.40. The third-order valence-electron chi connectivity index (χ3n) is 6.40. The Morgan fingerprint density at radius 3 is 2.14 bits per heavy atom. The van der Waals surface area contributed by atoms with Gasteiger partial charge in [-0.2, -0.15) is 0 Å². The number of halogens is 2. The second-order valence-electron chi connectivity index (χ2n) is 8.97. The van der Waals surface area contributed by atoms with Crippen molar-refractivity contribution in [2.24, 2.45) is 0 Å². The number of hydrogen-bond acceptors (Lipinski definition) is 9. The summed E-state index contributed by atoms with van der Waals surface area (Å²) in [7, 11) is 1.28. The third-order valence-corrected chi connectivity index (χ3v) is 7.00. The van der Waals surface area contributed by atoms with E-state index in [1.54, 1.807) is 12.1 Å². The van der Waals surface area contributed by atoms with E-state index in [0.29, 0.717) is 0 Å². The molecule has 0 saturated heterocycles. The molecule has 0 fully saturated rings. The van der Waals surface area contributed by atoms with Crippen LogP contribution in [0.25, 0.3) is 0 Å². The number of anilines is 1. The van der Waals surface area contributed by atoms with Crippen molar-refractivity contribution in [3.8, 4) is 17.2 Å². The molecule has 0 saturated carbocycles. The van der Waals surface area contributed by atoms with Crippen LogP contribution in [-0.2, 0) is 4.74 Å². The monoisotopic (exact) mass is 620 g/mol. The van der Waals surface area contributed by atoms with Crippen molar-refractivity contribution in [3.63, 3.8) is 0 Å². The highest BCUT2D eigenvalue weighted by Gasteiger charge is 2.38. The van der Waals surface area contributed by atoms with Crippen LogP contribution in [0, 0.1) is 10.1 Å².